The third-order valence-corrected chi connectivity index (χ3v) is 3.64. The molecule has 0 aliphatic heterocycles. The van der Waals surface area contributed by atoms with Gasteiger partial charge in [-0.15, -0.1) is 11.8 Å². The highest BCUT2D eigenvalue weighted by Gasteiger charge is 2.19. The smallest absolute Gasteiger partial charge is 0.102 e. The molecule has 0 bridgehead atoms. The van der Waals surface area contributed by atoms with E-state index in [0.717, 1.165) is 29.2 Å². The SMILES string of the molecule is CSc1cccc(NCC(C)(C)CN(C)C)c1C#N. The van der Waals surface area contributed by atoms with Crippen LogP contribution >= 0.6 is 11.8 Å². The van der Waals surface area contributed by atoms with Gasteiger partial charge in [0, 0.05) is 18.0 Å². The maximum Gasteiger partial charge on any atom is 0.102 e. The molecule has 0 aromatic heterocycles. The van der Waals surface area contributed by atoms with Crippen molar-refractivity contribution in [3.05, 3.63) is 23.8 Å². The van der Waals surface area contributed by atoms with Crippen molar-refractivity contribution in [2.45, 2.75) is 18.7 Å². The van der Waals surface area contributed by atoms with Crippen molar-refractivity contribution in [1.82, 2.24) is 4.90 Å². The third-order valence-electron chi connectivity index (χ3n) is 2.86. The second-order valence-corrected chi connectivity index (χ2v) is 6.60. The van der Waals surface area contributed by atoms with E-state index >= 15 is 0 Å². The second kappa shape index (κ2) is 6.83. The van der Waals surface area contributed by atoms with Gasteiger partial charge >= 0.3 is 0 Å². The van der Waals surface area contributed by atoms with Gasteiger partial charge in [-0.25, -0.2) is 0 Å². The highest BCUT2D eigenvalue weighted by atomic mass is 32.2. The summed E-state index contributed by atoms with van der Waals surface area (Å²) in [6.45, 7) is 6.30. The zero-order chi connectivity index (χ0) is 14.5. The van der Waals surface area contributed by atoms with Crippen LogP contribution in [0.4, 0.5) is 5.69 Å². The van der Waals surface area contributed by atoms with Gasteiger partial charge in [0.25, 0.3) is 0 Å². The van der Waals surface area contributed by atoms with Gasteiger partial charge in [-0.05, 0) is 37.9 Å². The maximum atomic E-state index is 9.29. The summed E-state index contributed by atoms with van der Waals surface area (Å²) in [5.74, 6) is 0. The number of hydrogen-bond donors (Lipinski definition) is 1. The minimum atomic E-state index is 0.158. The van der Waals surface area contributed by atoms with Crippen molar-refractivity contribution < 1.29 is 0 Å². The third kappa shape index (κ3) is 4.77. The van der Waals surface area contributed by atoms with Crippen LogP contribution in [0.25, 0.3) is 0 Å². The number of nitriles is 1. The maximum absolute atomic E-state index is 9.29. The summed E-state index contributed by atoms with van der Waals surface area (Å²) in [4.78, 5) is 3.21. The zero-order valence-electron chi connectivity index (χ0n) is 12.4. The minimum absolute atomic E-state index is 0.158. The fourth-order valence-electron chi connectivity index (χ4n) is 2.21. The number of rotatable bonds is 6. The van der Waals surface area contributed by atoms with E-state index in [4.69, 9.17) is 0 Å². The number of hydrogen-bond acceptors (Lipinski definition) is 4. The number of benzene rings is 1. The van der Waals surface area contributed by atoms with Crippen molar-refractivity contribution >= 4 is 17.4 Å². The first-order chi connectivity index (χ1) is 8.89. The summed E-state index contributed by atoms with van der Waals surface area (Å²) in [5.41, 5.74) is 1.84. The van der Waals surface area contributed by atoms with Crippen LogP contribution in [0.1, 0.15) is 19.4 Å². The van der Waals surface area contributed by atoms with E-state index in [-0.39, 0.29) is 5.41 Å². The van der Waals surface area contributed by atoms with Gasteiger partial charge in [0.2, 0.25) is 0 Å². The van der Waals surface area contributed by atoms with Gasteiger partial charge < -0.3 is 10.2 Å². The Morgan fingerprint density at radius 2 is 2.05 bits per heavy atom. The van der Waals surface area contributed by atoms with Crippen LogP contribution in [-0.4, -0.2) is 38.3 Å². The fraction of sp³-hybridized carbons (Fsp3) is 0.533. The molecule has 1 aromatic rings. The van der Waals surface area contributed by atoms with Crippen LogP contribution in [0.15, 0.2) is 23.1 Å². The lowest BCUT2D eigenvalue weighted by atomic mass is 9.92. The molecule has 4 heteroatoms. The molecule has 0 atom stereocenters. The second-order valence-electron chi connectivity index (χ2n) is 5.75. The molecule has 0 saturated heterocycles. The summed E-state index contributed by atoms with van der Waals surface area (Å²) in [7, 11) is 4.16. The Kier molecular flexibility index (Phi) is 5.71. The van der Waals surface area contributed by atoms with Gasteiger partial charge in [-0.3, -0.25) is 0 Å². The average Bonchev–Trinajstić information content (AvgIpc) is 2.34. The fourth-order valence-corrected chi connectivity index (χ4v) is 2.78. The van der Waals surface area contributed by atoms with Crippen molar-refractivity contribution in [2.24, 2.45) is 5.41 Å². The van der Waals surface area contributed by atoms with Crippen molar-refractivity contribution in [1.29, 1.82) is 5.26 Å². The number of nitrogens with zero attached hydrogens (tertiary/aromatic N) is 2. The summed E-state index contributed by atoms with van der Waals surface area (Å²) >= 11 is 1.61. The topological polar surface area (TPSA) is 39.1 Å². The molecule has 0 spiro atoms. The standard InChI is InChI=1S/C15H23N3S/c1-15(2,11-18(3)4)10-17-13-7-6-8-14(19-5)12(13)9-16/h6-8,17H,10-11H2,1-5H3. The van der Waals surface area contributed by atoms with Gasteiger partial charge in [-0.1, -0.05) is 19.9 Å². The highest BCUT2D eigenvalue weighted by Crippen LogP contribution is 2.27. The van der Waals surface area contributed by atoms with Gasteiger partial charge in [0.05, 0.1) is 11.3 Å². The number of anilines is 1. The van der Waals surface area contributed by atoms with Crippen molar-refractivity contribution in [3.8, 4) is 6.07 Å². The Morgan fingerprint density at radius 1 is 1.37 bits per heavy atom. The van der Waals surface area contributed by atoms with Crippen LogP contribution in [0, 0.1) is 16.7 Å². The lowest BCUT2D eigenvalue weighted by Crippen LogP contribution is -2.34. The summed E-state index contributed by atoms with van der Waals surface area (Å²) in [5, 5.41) is 12.7. The lowest BCUT2D eigenvalue weighted by Gasteiger charge is -2.29. The highest BCUT2D eigenvalue weighted by molar-refractivity contribution is 7.98. The van der Waals surface area contributed by atoms with E-state index in [2.05, 4.69) is 44.2 Å². The van der Waals surface area contributed by atoms with Crippen LogP contribution in [0.2, 0.25) is 0 Å². The molecular weight excluding hydrogens is 254 g/mol. The van der Waals surface area contributed by atoms with Crippen LogP contribution in [-0.2, 0) is 0 Å². The normalized spacial score (nSPS) is 11.4. The molecule has 3 nitrogen and oxygen atoms in total. The number of nitrogens with one attached hydrogen (secondary N) is 1. The Hall–Kier alpha value is -1.18. The van der Waals surface area contributed by atoms with E-state index < -0.39 is 0 Å². The van der Waals surface area contributed by atoms with Gasteiger partial charge in [0.15, 0.2) is 0 Å². The molecule has 0 saturated carbocycles. The largest absolute Gasteiger partial charge is 0.383 e. The van der Waals surface area contributed by atoms with Gasteiger partial charge in [0.1, 0.15) is 6.07 Å². The molecule has 19 heavy (non-hydrogen) atoms. The van der Waals surface area contributed by atoms with Crippen LogP contribution in [0.5, 0.6) is 0 Å². The predicted octanol–water partition coefficient (Wildman–Crippen LogP) is 3.28. The molecule has 0 amide bonds. The van der Waals surface area contributed by atoms with E-state index in [1.165, 1.54) is 0 Å². The van der Waals surface area contributed by atoms with E-state index in [1.807, 2.05) is 24.5 Å². The van der Waals surface area contributed by atoms with E-state index in [1.54, 1.807) is 11.8 Å². The molecule has 0 aliphatic carbocycles. The first-order valence-corrected chi connectivity index (χ1v) is 7.58. The molecule has 0 radical (unpaired) electrons. The molecular formula is C15H23N3S. The summed E-state index contributed by atoms with van der Waals surface area (Å²) in [6, 6.07) is 8.25. The molecule has 1 rings (SSSR count). The van der Waals surface area contributed by atoms with E-state index in [9.17, 15) is 5.26 Å². The molecule has 104 valence electrons. The minimum Gasteiger partial charge on any atom is -0.383 e. The Balaban J connectivity index is 2.81. The Labute approximate surface area is 121 Å². The van der Waals surface area contributed by atoms with Crippen molar-refractivity contribution in [3.63, 3.8) is 0 Å². The molecule has 1 N–H and O–H groups in total. The summed E-state index contributed by atoms with van der Waals surface area (Å²) in [6.07, 6.45) is 2.00. The molecule has 0 heterocycles. The van der Waals surface area contributed by atoms with Crippen molar-refractivity contribution in [2.75, 3.05) is 38.8 Å². The van der Waals surface area contributed by atoms with E-state index in [0.29, 0.717) is 0 Å². The molecule has 0 unspecified atom stereocenters. The quantitative estimate of drug-likeness (QED) is 0.810. The van der Waals surface area contributed by atoms with Gasteiger partial charge in [-0.2, -0.15) is 5.26 Å². The lowest BCUT2D eigenvalue weighted by molar-refractivity contribution is 0.254. The van der Waals surface area contributed by atoms with Crippen LogP contribution < -0.4 is 5.32 Å². The predicted molar refractivity (Wildman–Crippen MR) is 83.8 cm³/mol. The summed E-state index contributed by atoms with van der Waals surface area (Å²) < 4.78 is 0. The molecule has 0 fully saturated rings. The Morgan fingerprint density at radius 3 is 2.58 bits per heavy atom. The zero-order valence-corrected chi connectivity index (χ0v) is 13.3. The first-order valence-electron chi connectivity index (χ1n) is 6.35. The Bertz CT molecular complexity index is 461. The monoisotopic (exact) mass is 277 g/mol. The van der Waals surface area contributed by atoms with Crippen LogP contribution in [0.3, 0.4) is 0 Å². The first kappa shape index (κ1) is 15.9. The number of thioether (sulfide) groups is 1. The average molecular weight is 277 g/mol. The molecule has 1 aromatic carbocycles. The molecule has 0 aliphatic rings.